The minimum atomic E-state index is 1.12. The van der Waals surface area contributed by atoms with Crippen LogP contribution in [0.4, 0.5) is 0 Å². The molecule has 0 bridgehead atoms. The van der Waals surface area contributed by atoms with Crippen molar-refractivity contribution in [2.24, 2.45) is 0 Å². The number of hydrogen-bond donors (Lipinski definition) is 0. The van der Waals surface area contributed by atoms with Crippen LogP contribution < -0.4 is 0 Å². The van der Waals surface area contributed by atoms with Gasteiger partial charge in [0.25, 0.3) is 0 Å². The van der Waals surface area contributed by atoms with Gasteiger partial charge in [0.15, 0.2) is 0 Å². The van der Waals surface area contributed by atoms with Gasteiger partial charge in [-0.3, -0.25) is 0 Å². The first-order valence-electron chi connectivity index (χ1n) is 11.1. The molecule has 0 amide bonds. The van der Waals surface area contributed by atoms with E-state index in [1.54, 1.807) is 0 Å². The number of hydrogen-bond acceptors (Lipinski definition) is 0. The third-order valence-corrected chi connectivity index (χ3v) is 5.46. The Bertz CT molecular complexity index is 1060. The summed E-state index contributed by atoms with van der Waals surface area (Å²) in [5.74, 6) is 0. The Morgan fingerprint density at radius 2 is 1.03 bits per heavy atom. The first-order chi connectivity index (χ1) is 14.8. The van der Waals surface area contributed by atoms with Crippen LogP contribution in [0.25, 0.3) is 33.4 Å². The second-order valence-corrected chi connectivity index (χ2v) is 7.33. The van der Waals surface area contributed by atoms with Crippen LogP contribution in [0.15, 0.2) is 97.1 Å². The summed E-state index contributed by atoms with van der Waals surface area (Å²) in [4.78, 5) is 0. The van der Waals surface area contributed by atoms with Gasteiger partial charge in [0, 0.05) is 0 Å². The Hall–Kier alpha value is -3.12. The molecule has 0 aromatic heterocycles. The fourth-order valence-corrected chi connectivity index (χ4v) is 3.98. The summed E-state index contributed by atoms with van der Waals surface area (Å²) in [7, 11) is 0. The number of rotatable bonds is 5. The molecular formula is C30H32. The Morgan fingerprint density at radius 3 is 1.73 bits per heavy atom. The largest absolute Gasteiger partial charge is 0.0683 e. The van der Waals surface area contributed by atoms with E-state index >= 15 is 0 Å². The zero-order valence-corrected chi connectivity index (χ0v) is 18.7. The molecule has 152 valence electrons. The van der Waals surface area contributed by atoms with E-state index < -0.39 is 0 Å². The molecule has 0 nitrogen and oxygen atoms in total. The van der Waals surface area contributed by atoms with E-state index in [4.69, 9.17) is 0 Å². The van der Waals surface area contributed by atoms with Crippen molar-refractivity contribution < 1.29 is 0 Å². The first kappa shape index (κ1) is 21.6. The summed E-state index contributed by atoms with van der Waals surface area (Å²) >= 11 is 0. The van der Waals surface area contributed by atoms with E-state index in [0.29, 0.717) is 0 Å². The average Bonchev–Trinajstić information content (AvgIpc) is 2.82. The lowest BCUT2D eigenvalue weighted by Gasteiger charge is -2.15. The molecule has 0 saturated carbocycles. The Labute approximate surface area is 182 Å². The molecule has 30 heavy (non-hydrogen) atoms. The van der Waals surface area contributed by atoms with Crippen LogP contribution in [-0.4, -0.2) is 0 Å². The molecule has 4 aromatic carbocycles. The first-order valence-corrected chi connectivity index (χ1v) is 11.1. The summed E-state index contributed by atoms with van der Waals surface area (Å²) in [5.41, 5.74) is 10.6. The highest BCUT2D eigenvalue weighted by atomic mass is 14.1. The number of benzene rings is 4. The van der Waals surface area contributed by atoms with Crippen LogP contribution in [0.2, 0.25) is 0 Å². The van der Waals surface area contributed by atoms with E-state index in [-0.39, 0.29) is 0 Å². The van der Waals surface area contributed by atoms with Gasteiger partial charge >= 0.3 is 0 Å². The molecule has 0 heterocycles. The molecule has 0 fully saturated rings. The molecule has 0 aliphatic rings. The van der Waals surface area contributed by atoms with Gasteiger partial charge in [-0.1, -0.05) is 124 Å². The summed E-state index contributed by atoms with van der Waals surface area (Å²) in [6.45, 7) is 8.49. The molecule has 0 atom stereocenters. The van der Waals surface area contributed by atoms with Crippen molar-refractivity contribution in [3.05, 3.63) is 108 Å². The quantitative estimate of drug-likeness (QED) is 0.318. The maximum Gasteiger partial charge on any atom is -0.0146 e. The predicted octanol–water partition coefficient (Wildman–Crippen LogP) is 8.97. The van der Waals surface area contributed by atoms with Gasteiger partial charge < -0.3 is 0 Å². The predicted molar refractivity (Wildman–Crippen MR) is 133 cm³/mol. The van der Waals surface area contributed by atoms with Crippen LogP contribution in [0.1, 0.15) is 38.3 Å². The van der Waals surface area contributed by atoms with E-state index in [1.165, 1.54) is 44.5 Å². The van der Waals surface area contributed by atoms with Crippen molar-refractivity contribution in [2.45, 2.75) is 40.5 Å². The van der Waals surface area contributed by atoms with Crippen LogP contribution in [0.3, 0.4) is 0 Å². The molecule has 0 aliphatic carbocycles. The smallest absolute Gasteiger partial charge is 0.0146 e. The van der Waals surface area contributed by atoms with Crippen molar-refractivity contribution in [1.29, 1.82) is 0 Å². The van der Waals surface area contributed by atoms with Crippen molar-refractivity contribution in [3.63, 3.8) is 0 Å². The Morgan fingerprint density at radius 1 is 0.500 bits per heavy atom. The van der Waals surface area contributed by atoms with Gasteiger partial charge in [-0.2, -0.15) is 0 Å². The summed E-state index contributed by atoms with van der Waals surface area (Å²) in [6, 6.07) is 35.0. The van der Waals surface area contributed by atoms with Gasteiger partial charge in [-0.15, -0.1) is 0 Å². The molecule has 0 spiro atoms. The van der Waals surface area contributed by atoms with Gasteiger partial charge in [0.2, 0.25) is 0 Å². The monoisotopic (exact) mass is 392 g/mol. The Balaban J connectivity index is 0.00000124. The topological polar surface area (TPSA) is 0 Å². The minimum Gasteiger partial charge on any atom is -0.0683 e. The second kappa shape index (κ2) is 10.6. The zero-order chi connectivity index (χ0) is 21.3. The lowest BCUT2D eigenvalue weighted by atomic mass is 9.89. The highest BCUT2D eigenvalue weighted by Gasteiger charge is 2.11. The van der Waals surface area contributed by atoms with Crippen LogP contribution >= 0.6 is 0 Å². The van der Waals surface area contributed by atoms with E-state index in [0.717, 1.165) is 12.8 Å². The van der Waals surface area contributed by atoms with Gasteiger partial charge in [-0.05, 0) is 57.9 Å². The molecule has 0 saturated heterocycles. The van der Waals surface area contributed by atoms with Crippen LogP contribution in [0.5, 0.6) is 0 Å². The summed E-state index contributed by atoms with van der Waals surface area (Å²) in [5, 5.41) is 0. The fraction of sp³-hybridized carbons (Fsp3) is 0.200. The van der Waals surface area contributed by atoms with Gasteiger partial charge in [-0.25, -0.2) is 0 Å². The highest BCUT2D eigenvalue weighted by Crippen LogP contribution is 2.34. The lowest BCUT2D eigenvalue weighted by Crippen LogP contribution is -1.93. The molecule has 0 radical (unpaired) electrons. The normalized spacial score (nSPS) is 10.3. The van der Waals surface area contributed by atoms with Crippen LogP contribution in [0, 0.1) is 6.92 Å². The van der Waals surface area contributed by atoms with Gasteiger partial charge in [0.05, 0.1) is 0 Å². The van der Waals surface area contributed by atoms with Crippen molar-refractivity contribution >= 4 is 0 Å². The molecule has 0 aliphatic heterocycles. The maximum absolute atomic E-state index is 2.26. The molecule has 0 heteroatoms. The SMILES string of the molecule is CC.CCCc1ccccc1-c1cccc(-c2ccc(-c3ccccc3)cc2)c1C. The standard InChI is InChI=1S/C28H26.C2H6/c1-3-10-24-13-7-8-14-28(24)27-16-9-15-26(21(27)2)25-19-17-23(18-20-25)22-11-5-4-6-12-22;1-2/h4-9,11-20H,3,10H2,1-2H3;1-2H3. The highest BCUT2D eigenvalue weighted by molar-refractivity contribution is 5.80. The maximum atomic E-state index is 2.26. The van der Waals surface area contributed by atoms with Crippen molar-refractivity contribution in [3.8, 4) is 33.4 Å². The van der Waals surface area contributed by atoms with E-state index in [9.17, 15) is 0 Å². The van der Waals surface area contributed by atoms with Gasteiger partial charge in [0.1, 0.15) is 0 Å². The lowest BCUT2D eigenvalue weighted by molar-refractivity contribution is 0.923. The van der Waals surface area contributed by atoms with Crippen LogP contribution in [-0.2, 0) is 6.42 Å². The molecule has 0 N–H and O–H groups in total. The molecule has 4 aromatic rings. The van der Waals surface area contributed by atoms with Crippen molar-refractivity contribution in [2.75, 3.05) is 0 Å². The van der Waals surface area contributed by atoms with E-state index in [2.05, 4.69) is 111 Å². The Kier molecular flexibility index (Phi) is 7.63. The number of aryl methyl sites for hydroxylation is 1. The summed E-state index contributed by atoms with van der Waals surface area (Å²) < 4.78 is 0. The molecular weight excluding hydrogens is 360 g/mol. The zero-order valence-electron chi connectivity index (χ0n) is 18.7. The minimum absolute atomic E-state index is 1.12. The summed E-state index contributed by atoms with van der Waals surface area (Å²) in [6.07, 6.45) is 2.28. The fourth-order valence-electron chi connectivity index (χ4n) is 3.98. The third kappa shape index (κ3) is 4.71. The average molecular weight is 393 g/mol. The van der Waals surface area contributed by atoms with Crippen molar-refractivity contribution in [1.82, 2.24) is 0 Å². The molecule has 0 unspecified atom stereocenters. The molecule has 4 rings (SSSR count). The third-order valence-electron chi connectivity index (χ3n) is 5.46. The second-order valence-electron chi connectivity index (χ2n) is 7.33. The van der Waals surface area contributed by atoms with E-state index in [1.807, 2.05) is 13.8 Å².